The number of hydrogen-bond donors (Lipinski definition) is 1. The first kappa shape index (κ1) is 17.2. The highest BCUT2D eigenvalue weighted by Gasteiger charge is 1.96. The van der Waals surface area contributed by atoms with Gasteiger partial charge in [0.15, 0.2) is 0 Å². The van der Waals surface area contributed by atoms with Gasteiger partial charge in [-0.05, 0) is 23.3 Å². The van der Waals surface area contributed by atoms with Gasteiger partial charge >= 0.3 is 5.97 Å². The SMILES string of the molecule is COc1ccc(COC=O)cc1.O=C(O)Cc1ccccc1. The second-order valence-corrected chi connectivity index (χ2v) is 4.31. The Labute approximate surface area is 129 Å². The molecule has 0 unspecified atom stereocenters. The van der Waals surface area contributed by atoms with Crippen LogP contribution in [0.5, 0.6) is 5.75 Å². The van der Waals surface area contributed by atoms with E-state index in [-0.39, 0.29) is 6.42 Å². The zero-order valence-corrected chi connectivity index (χ0v) is 12.3. The van der Waals surface area contributed by atoms with Gasteiger partial charge in [0.05, 0.1) is 13.5 Å². The largest absolute Gasteiger partial charge is 0.497 e. The molecule has 0 heterocycles. The van der Waals surface area contributed by atoms with Crippen molar-refractivity contribution in [3.8, 4) is 5.75 Å². The van der Waals surface area contributed by atoms with Crippen LogP contribution in [0.3, 0.4) is 0 Å². The lowest BCUT2D eigenvalue weighted by molar-refractivity contribution is -0.136. The van der Waals surface area contributed by atoms with Crippen molar-refractivity contribution in [3.05, 3.63) is 65.7 Å². The number of rotatable bonds is 6. The van der Waals surface area contributed by atoms with Crippen molar-refractivity contribution in [1.29, 1.82) is 0 Å². The number of carboxylic acids is 1. The molecule has 22 heavy (non-hydrogen) atoms. The normalized spacial score (nSPS) is 9.14. The summed E-state index contributed by atoms with van der Waals surface area (Å²) in [5.74, 6) is 0.0102. The van der Waals surface area contributed by atoms with Crippen LogP contribution in [-0.2, 0) is 27.4 Å². The lowest BCUT2D eigenvalue weighted by Crippen LogP contribution is -1.98. The first-order valence-corrected chi connectivity index (χ1v) is 6.59. The van der Waals surface area contributed by atoms with Crippen molar-refractivity contribution < 1.29 is 24.2 Å². The minimum absolute atomic E-state index is 0.112. The Bertz CT molecular complexity index is 563. The fourth-order valence-corrected chi connectivity index (χ4v) is 1.62. The van der Waals surface area contributed by atoms with Gasteiger partial charge in [0.2, 0.25) is 0 Å². The van der Waals surface area contributed by atoms with Crippen molar-refractivity contribution >= 4 is 12.4 Å². The van der Waals surface area contributed by atoms with Crippen molar-refractivity contribution in [1.82, 2.24) is 0 Å². The van der Waals surface area contributed by atoms with Gasteiger partial charge in [-0.25, -0.2) is 0 Å². The van der Waals surface area contributed by atoms with Gasteiger partial charge in [0, 0.05) is 0 Å². The maximum Gasteiger partial charge on any atom is 0.307 e. The summed E-state index contributed by atoms with van der Waals surface area (Å²) in [5, 5.41) is 8.37. The van der Waals surface area contributed by atoms with Crippen molar-refractivity contribution in [2.75, 3.05) is 7.11 Å². The van der Waals surface area contributed by atoms with E-state index in [0.717, 1.165) is 16.9 Å². The van der Waals surface area contributed by atoms with Gasteiger partial charge in [-0.1, -0.05) is 42.5 Å². The third kappa shape index (κ3) is 7.09. The van der Waals surface area contributed by atoms with Crippen LogP contribution in [-0.4, -0.2) is 24.7 Å². The Balaban J connectivity index is 0.000000224. The van der Waals surface area contributed by atoms with Crippen LogP contribution < -0.4 is 4.74 Å². The van der Waals surface area contributed by atoms with Crippen molar-refractivity contribution in [3.63, 3.8) is 0 Å². The lowest BCUT2D eigenvalue weighted by Gasteiger charge is -2.01. The second-order valence-electron chi connectivity index (χ2n) is 4.31. The van der Waals surface area contributed by atoms with Crippen LogP contribution in [0, 0.1) is 0 Å². The molecule has 0 saturated heterocycles. The monoisotopic (exact) mass is 302 g/mol. The summed E-state index contributed by atoms with van der Waals surface area (Å²) in [6.07, 6.45) is 0.112. The average molecular weight is 302 g/mol. The molecule has 0 spiro atoms. The van der Waals surface area contributed by atoms with E-state index < -0.39 is 5.97 Å². The van der Waals surface area contributed by atoms with Gasteiger partial charge in [-0.3, -0.25) is 9.59 Å². The number of ether oxygens (including phenoxy) is 2. The smallest absolute Gasteiger partial charge is 0.307 e. The summed E-state index contributed by atoms with van der Waals surface area (Å²) in [5.41, 5.74) is 1.79. The minimum atomic E-state index is -0.786. The molecule has 0 aliphatic heterocycles. The quantitative estimate of drug-likeness (QED) is 0.831. The summed E-state index contributed by atoms with van der Waals surface area (Å²) >= 11 is 0. The molecule has 0 saturated carbocycles. The Morgan fingerprint density at radius 2 is 1.68 bits per heavy atom. The van der Waals surface area contributed by atoms with Gasteiger partial charge in [0.25, 0.3) is 6.47 Å². The standard InChI is InChI=1S/C9H10O3.C8H8O2/c1-11-9-4-2-8(3-5-9)6-12-7-10;9-8(10)6-7-4-2-1-3-5-7/h2-5,7H,6H2,1H3;1-5H,6H2,(H,9,10). The number of carbonyl (C=O) groups excluding carboxylic acids is 1. The number of carboxylic acid groups (broad SMARTS) is 1. The first-order chi connectivity index (χ1) is 10.7. The van der Waals surface area contributed by atoms with E-state index in [1.54, 1.807) is 19.2 Å². The molecule has 0 amide bonds. The van der Waals surface area contributed by atoms with Crippen molar-refractivity contribution in [2.45, 2.75) is 13.0 Å². The van der Waals surface area contributed by atoms with E-state index in [1.165, 1.54) is 0 Å². The Morgan fingerprint density at radius 1 is 1.05 bits per heavy atom. The highest BCUT2D eigenvalue weighted by molar-refractivity contribution is 5.70. The summed E-state index contributed by atoms with van der Waals surface area (Å²) in [7, 11) is 1.61. The molecule has 0 fully saturated rings. The third-order valence-electron chi connectivity index (χ3n) is 2.68. The Morgan fingerprint density at radius 3 is 2.18 bits per heavy atom. The minimum Gasteiger partial charge on any atom is -0.497 e. The van der Waals surface area contributed by atoms with Crippen LogP contribution in [0.4, 0.5) is 0 Å². The number of carbonyl (C=O) groups is 2. The predicted octanol–water partition coefficient (Wildman–Crippen LogP) is 2.68. The van der Waals surface area contributed by atoms with E-state index in [1.807, 2.05) is 42.5 Å². The molecule has 0 radical (unpaired) electrons. The van der Waals surface area contributed by atoms with E-state index in [2.05, 4.69) is 4.74 Å². The molecule has 2 rings (SSSR count). The molecule has 2 aromatic carbocycles. The van der Waals surface area contributed by atoms with Crippen molar-refractivity contribution in [2.24, 2.45) is 0 Å². The molecule has 0 aromatic heterocycles. The van der Waals surface area contributed by atoms with Crippen LogP contribution in [0.1, 0.15) is 11.1 Å². The lowest BCUT2D eigenvalue weighted by atomic mass is 10.2. The molecule has 0 atom stereocenters. The Kier molecular flexibility index (Phi) is 7.82. The summed E-state index contributed by atoms with van der Waals surface area (Å²) in [4.78, 5) is 20.0. The van der Waals surface area contributed by atoms with Gasteiger partial charge in [-0.2, -0.15) is 0 Å². The topological polar surface area (TPSA) is 72.8 Å². The van der Waals surface area contributed by atoms with Crippen LogP contribution in [0.2, 0.25) is 0 Å². The highest BCUT2D eigenvalue weighted by atomic mass is 16.5. The van der Waals surface area contributed by atoms with E-state index in [4.69, 9.17) is 9.84 Å². The molecule has 0 aliphatic rings. The Hall–Kier alpha value is -2.82. The highest BCUT2D eigenvalue weighted by Crippen LogP contribution is 2.11. The van der Waals surface area contributed by atoms with E-state index in [0.29, 0.717) is 13.1 Å². The van der Waals surface area contributed by atoms with E-state index in [9.17, 15) is 9.59 Å². The fraction of sp³-hybridized carbons (Fsp3) is 0.176. The first-order valence-electron chi connectivity index (χ1n) is 6.59. The molecular formula is C17H18O5. The predicted molar refractivity (Wildman–Crippen MR) is 81.6 cm³/mol. The maximum absolute atomic E-state index is 10.2. The molecule has 0 aliphatic carbocycles. The number of hydrogen-bond acceptors (Lipinski definition) is 4. The summed E-state index contributed by atoms with van der Waals surface area (Å²) in [6.45, 7) is 0.748. The maximum atomic E-state index is 10.2. The number of aliphatic carboxylic acids is 1. The fourth-order valence-electron chi connectivity index (χ4n) is 1.62. The molecule has 2 aromatic rings. The van der Waals surface area contributed by atoms with E-state index >= 15 is 0 Å². The van der Waals surface area contributed by atoms with Gasteiger partial charge in [0.1, 0.15) is 12.4 Å². The number of benzene rings is 2. The molecule has 5 heteroatoms. The second kappa shape index (κ2) is 9.99. The molecule has 0 bridgehead atoms. The molecule has 5 nitrogen and oxygen atoms in total. The third-order valence-corrected chi connectivity index (χ3v) is 2.68. The number of methoxy groups -OCH3 is 1. The summed E-state index contributed by atoms with van der Waals surface area (Å²) in [6, 6.07) is 16.5. The molecule has 1 N–H and O–H groups in total. The van der Waals surface area contributed by atoms with Crippen LogP contribution in [0.25, 0.3) is 0 Å². The average Bonchev–Trinajstić information content (AvgIpc) is 2.54. The van der Waals surface area contributed by atoms with Gasteiger partial charge in [-0.15, -0.1) is 0 Å². The summed E-state index contributed by atoms with van der Waals surface area (Å²) < 4.78 is 9.53. The zero-order chi connectivity index (χ0) is 16.2. The van der Waals surface area contributed by atoms with Gasteiger partial charge < -0.3 is 14.6 Å². The molecule has 116 valence electrons. The van der Waals surface area contributed by atoms with Crippen LogP contribution >= 0.6 is 0 Å². The van der Waals surface area contributed by atoms with Crippen LogP contribution in [0.15, 0.2) is 54.6 Å². The zero-order valence-electron chi connectivity index (χ0n) is 12.3. The molecular weight excluding hydrogens is 284 g/mol.